The number of aliphatic carboxylic acids is 1. The van der Waals surface area contributed by atoms with Gasteiger partial charge in [0.25, 0.3) is 0 Å². The van der Waals surface area contributed by atoms with E-state index in [0.717, 1.165) is 16.8 Å². The molecule has 154 valence electrons. The van der Waals surface area contributed by atoms with Crippen molar-refractivity contribution in [2.45, 2.75) is 24.0 Å². The number of fused-ring (bicyclic) bond motifs is 1. The summed E-state index contributed by atoms with van der Waals surface area (Å²) < 4.78 is 24.2. The summed E-state index contributed by atoms with van der Waals surface area (Å²) in [7, 11) is 0.429. The fourth-order valence-corrected chi connectivity index (χ4v) is 4.95. The van der Waals surface area contributed by atoms with E-state index in [4.69, 9.17) is 0 Å². The molecule has 6 heteroatoms. The maximum Gasteiger partial charge on any atom is 0.310 e. The summed E-state index contributed by atoms with van der Waals surface area (Å²) in [5.41, 5.74) is 3.67. The summed E-state index contributed by atoms with van der Waals surface area (Å²) in [4.78, 5) is 13.9. The predicted molar refractivity (Wildman–Crippen MR) is 118 cm³/mol. The van der Waals surface area contributed by atoms with Crippen LogP contribution >= 0.6 is 0 Å². The SMILES string of the molecule is CC(C(=O)O)C(=CC1(S(C)(=O)=O)C=CC=CC1)C1C=Cc2cc(N(C)C)ccc21. The number of hydrogen-bond acceptors (Lipinski definition) is 4. The van der Waals surface area contributed by atoms with Gasteiger partial charge in [-0.2, -0.15) is 0 Å². The molecule has 0 bridgehead atoms. The number of anilines is 1. The van der Waals surface area contributed by atoms with Crippen molar-refractivity contribution < 1.29 is 18.3 Å². The molecular formula is C23H27NO4S. The van der Waals surface area contributed by atoms with Crippen molar-refractivity contribution in [1.29, 1.82) is 0 Å². The highest BCUT2D eigenvalue weighted by Gasteiger charge is 2.39. The summed E-state index contributed by atoms with van der Waals surface area (Å²) >= 11 is 0. The number of sulfone groups is 1. The minimum Gasteiger partial charge on any atom is -0.481 e. The van der Waals surface area contributed by atoms with Crippen LogP contribution in [-0.4, -0.2) is 44.6 Å². The van der Waals surface area contributed by atoms with E-state index in [1.807, 2.05) is 55.4 Å². The number of hydrogen-bond donors (Lipinski definition) is 1. The highest BCUT2D eigenvalue weighted by molar-refractivity contribution is 7.92. The van der Waals surface area contributed by atoms with Crippen molar-refractivity contribution in [3.05, 3.63) is 71.4 Å². The lowest BCUT2D eigenvalue weighted by molar-refractivity contribution is -0.139. The molecule has 2 aliphatic carbocycles. The first-order valence-corrected chi connectivity index (χ1v) is 11.4. The zero-order chi connectivity index (χ0) is 21.4. The standard InChI is InChI=1S/C23H27NO4S/c1-16(22(25)26)21(15-23(29(4,27)28)12-6-5-7-13-23)20-10-8-17-14-18(24(2)3)9-11-19(17)20/h5-12,14-16,20H,13H2,1-4H3,(H,25,26). The molecule has 3 rings (SSSR count). The first-order chi connectivity index (χ1) is 13.6. The monoisotopic (exact) mass is 413 g/mol. The van der Waals surface area contributed by atoms with Crippen LogP contribution in [0.1, 0.15) is 30.4 Å². The van der Waals surface area contributed by atoms with Gasteiger partial charge in [0.2, 0.25) is 0 Å². The van der Waals surface area contributed by atoms with E-state index >= 15 is 0 Å². The Morgan fingerprint density at radius 3 is 2.59 bits per heavy atom. The van der Waals surface area contributed by atoms with E-state index in [1.54, 1.807) is 25.2 Å². The highest BCUT2D eigenvalue weighted by atomic mass is 32.2. The second-order valence-corrected chi connectivity index (χ2v) is 10.3. The lowest BCUT2D eigenvalue weighted by Gasteiger charge is -2.30. The summed E-state index contributed by atoms with van der Waals surface area (Å²) in [6.07, 6.45) is 14.1. The van der Waals surface area contributed by atoms with Crippen LogP contribution < -0.4 is 4.90 Å². The lowest BCUT2D eigenvalue weighted by atomic mass is 9.82. The number of rotatable bonds is 6. The normalized spacial score (nSPS) is 24.4. The average molecular weight is 414 g/mol. The van der Waals surface area contributed by atoms with E-state index < -0.39 is 26.5 Å². The molecule has 2 aliphatic rings. The van der Waals surface area contributed by atoms with Gasteiger partial charge in [-0.1, -0.05) is 48.6 Å². The smallest absolute Gasteiger partial charge is 0.310 e. The molecule has 1 aromatic carbocycles. The van der Waals surface area contributed by atoms with Crippen molar-refractivity contribution in [2.75, 3.05) is 25.3 Å². The molecule has 0 heterocycles. The van der Waals surface area contributed by atoms with Gasteiger partial charge in [-0.3, -0.25) is 4.79 Å². The van der Waals surface area contributed by atoms with Gasteiger partial charge < -0.3 is 10.0 Å². The maximum absolute atomic E-state index is 12.7. The third-order valence-corrected chi connectivity index (χ3v) is 7.58. The Morgan fingerprint density at radius 1 is 1.31 bits per heavy atom. The predicted octanol–water partition coefficient (Wildman–Crippen LogP) is 3.81. The summed E-state index contributed by atoms with van der Waals surface area (Å²) in [5.74, 6) is -2.06. The zero-order valence-electron chi connectivity index (χ0n) is 17.2. The minimum absolute atomic E-state index is 0.273. The zero-order valence-corrected chi connectivity index (χ0v) is 18.0. The van der Waals surface area contributed by atoms with E-state index in [2.05, 4.69) is 6.07 Å². The van der Waals surface area contributed by atoms with E-state index in [1.165, 1.54) is 6.26 Å². The molecule has 1 N–H and O–H groups in total. The molecule has 0 aliphatic heterocycles. The maximum atomic E-state index is 12.7. The molecule has 0 saturated carbocycles. The minimum atomic E-state index is -3.50. The van der Waals surface area contributed by atoms with Crippen LogP contribution in [0.2, 0.25) is 0 Å². The van der Waals surface area contributed by atoms with Crippen LogP contribution in [0.25, 0.3) is 6.08 Å². The van der Waals surface area contributed by atoms with Crippen molar-refractivity contribution in [2.24, 2.45) is 5.92 Å². The van der Waals surface area contributed by atoms with E-state index in [-0.39, 0.29) is 5.92 Å². The number of carbonyl (C=O) groups is 1. The fraction of sp³-hybridized carbons (Fsp3) is 0.348. The van der Waals surface area contributed by atoms with Gasteiger partial charge in [-0.15, -0.1) is 0 Å². The largest absolute Gasteiger partial charge is 0.481 e. The molecular weight excluding hydrogens is 386 g/mol. The quantitative estimate of drug-likeness (QED) is 0.718. The van der Waals surface area contributed by atoms with Crippen LogP contribution in [0.5, 0.6) is 0 Å². The van der Waals surface area contributed by atoms with Crippen molar-refractivity contribution in [1.82, 2.24) is 0 Å². The van der Waals surface area contributed by atoms with Crippen molar-refractivity contribution in [3.8, 4) is 0 Å². The fourth-order valence-electron chi connectivity index (χ4n) is 3.88. The van der Waals surface area contributed by atoms with Gasteiger partial charge in [-0.05, 0) is 42.2 Å². The summed E-state index contributed by atoms with van der Waals surface area (Å²) in [6.45, 7) is 1.62. The molecule has 5 nitrogen and oxygen atoms in total. The second-order valence-electron chi connectivity index (χ2n) is 7.97. The molecule has 0 spiro atoms. The van der Waals surface area contributed by atoms with Gasteiger partial charge in [0.1, 0.15) is 4.75 Å². The second kappa shape index (κ2) is 7.67. The number of nitrogens with zero attached hydrogens (tertiary/aromatic N) is 1. The molecule has 0 amide bonds. The third kappa shape index (κ3) is 3.94. The van der Waals surface area contributed by atoms with Crippen molar-refractivity contribution >= 4 is 27.6 Å². The summed E-state index contributed by atoms with van der Waals surface area (Å²) in [5, 5.41) is 9.74. The van der Waals surface area contributed by atoms with Gasteiger partial charge >= 0.3 is 5.97 Å². The first-order valence-electron chi connectivity index (χ1n) is 9.54. The Hall–Kier alpha value is -2.60. The van der Waals surface area contributed by atoms with E-state index in [9.17, 15) is 18.3 Å². The van der Waals surface area contributed by atoms with Crippen LogP contribution in [0.3, 0.4) is 0 Å². The Bertz CT molecular complexity index is 1050. The Labute approximate surface area is 172 Å². The number of benzene rings is 1. The van der Waals surface area contributed by atoms with Crippen molar-refractivity contribution in [3.63, 3.8) is 0 Å². The molecule has 1 aromatic rings. The molecule has 0 radical (unpaired) electrons. The van der Waals surface area contributed by atoms with Crippen LogP contribution in [0, 0.1) is 5.92 Å². The highest BCUT2D eigenvalue weighted by Crippen LogP contribution is 2.42. The molecule has 3 unspecified atom stereocenters. The molecule has 0 saturated heterocycles. The molecule has 0 fully saturated rings. The van der Waals surface area contributed by atoms with Gasteiger partial charge in [0.15, 0.2) is 9.84 Å². The number of allylic oxidation sites excluding steroid dienone is 4. The third-order valence-electron chi connectivity index (χ3n) is 5.78. The van der Waals surface area contributed by atoms with Crippen LogP contribution in [0.4, 0.5) is 5.69 Å². The average Bonchev–Trinajstić information content (AvgIpc) is 3.08. The number of carboxylic acids is 1. The molecule has 0 aromatic heterocycles. The Kier molecular flexibility index (Phi) is 5.59. The number of carboxylic acid groups (broad SMARTS) is 1. The van der Waals surface area contributed by atoms with Crippen LogP contribution in [0.15, 0.2) is 60.2 Å². The van der Waals surface area contributed by atoms with Gasteiger partial charge in [0.05, 0.1) is 5.92 Å². The van der Waals surface area contributed by atoms with Crippen LogP contribution in [-0.2, 0) is 14.6 Å². The molecule has 3 atom stereocenters. The summed E-state index contributed by atoms with van der Waals surface area (Å²) in [6, 6.07) is 6.06. The van der Waals surface area contributed by atoms with Gasteiger partial charge in [-0.25, -0.2) is 8.42 Å². The first kappa shape index (κ1) is 21.1. The van der Waals surface area contributed by atoms with E-state index in [0.29, 0.717) is 12.0 Å². The lowest BCUT2D eigenvalue weighted by Crippen LogP contribution is -2.36. The molecule has 29 heavy (non-hydrogen) atoms. The Balaban J connectivity index is 2.15. The van der Waals surface area contributed by atoms with Gasteiger partial charge in [0, 0.05) is 32.0 Å². The topological polar surface area (TPSA) is 74.7 Å². The Morgan fingerprint density at radius 2 is 2.03 bits per heavy atom.